The Kier molecular flexibility index (Phi) is 5.69. The summed E-state index contributed by atoms with van der Waals surface area (Å²) in [7, 11) is 0. The van der Waals surface area contributed by atoms with E-state index < -0.39 is 42.1 Å². The summed E-state index contributed by atoms with van der Waals surface area (Å²) in [6.45, 7) is 1.53. The number of halogens is 3. The number of ether oxygens (including phenoxy) is 1. The van der Waals surface area contributed by atoms with E-state index in [2.05, 4.69) is 10.1 Å². The largest absolute Gasteiger partial charge is 0.573 e. The molecule has 2 aliphatic heterocycles. The molecule has 2 heterocycles. The van der Waals surface area contributed by atoms with Crippen molar-refractivity contribution < 1.29 is 37.4 Å². The van der Waals surface area contributed by atoms with E-state index in [1.807, 2.05) is 0 Å². The number of aliphatic hydroxyl groups is 1. The van der Waals surface area contributed by atoms with E-state index in [4.69, 9.17) is 0 Å². The van der Waals surface area contributed by atoms with Crippen molar-refractivity contribution in [1.29, 1.82) is 0 Å². The number of aliphatic hydroxyl groups excluding tert-OH is 1. The van der Waals surface area contributed by atoms with Crippen molar-refractivity contribution in [3.8, 4) is 5.75 Å². The van der Waals surface area contributed by atoms with E-state index in [0.29, 0.717) is 0 Å². The average Bonchev–Trinajstić information content (AvgIpc) is 3.17. The molecule has 8 nitrogen and oxygen atoms in total. The molecule has 0 saturated carbocycles. The topological polar surface area (TPSA) is 99.2 Å². The quantitative estimate of drug-likeness (QED) is 0.758. The number of benzene rings is 1. The van der Waals surface area contributed by atoms with E-state index in [1.165, 1.54) is 28.9 Å². The molecule has 0 spiro atoms. The number of β-amino-alcohol motifs (C(OH)–C–C–N with tert-alkyl or cyclic N) is 1. The number of nitrogens with one attached hydrogen (secondary N) is 1. The van der Waals surface area contributed by atoms with Gasteiger partial charge in [0.05, 0.1) is 6.10 Å². The maximum absolute atomic E-state index is 12.7. The Morgan fingerprint density at radius 2 is 2.03 bits per heavy atom. The molecule has 1 aromatic rings. The first-order valence-corrected chi connectivity index (χ1v) is 8.98. The minimum Gasteiger partial charge on any atom is -0.406 e. The Hall–Kier alpha value is -2.82. The second-order valence-corrected chi connectivity index (χ2v) is 6.96. The number of anilines is 1. The molecule has 158 valence electrons. The monoisotopic (exact) mass is 415 g/mol. The van der Waals surface area contributed by atoms with Gasteiger partial charge in [0.25, 0.3) is 0 Å². The number of hydrogen-bond donors (Lipinski definition) is 2. The zero-order valence-electron chi connectivity index (χ0n) is 15.5. The third-order valence-corrected chi connectivity index (χ3v) is 4.87. The van der Waals surface area contributed by atoms with Gasteiger partial charge in [0.2, 0.25) is 17.7 Å². The fourth-order valence-electron chi connectivity index (χ4n) is 3.60. The second kappa shape index (κ2) is 7.90. The fourth-order valence-corrected chi connectivity index (χ4v) is 3.60. The smallest absolute Gasteiger partial charge is 0.406 e. The molecule has 2 aliphatic rings. The van der Waals surface area contributed by atoms with Crippen LogP contribution in [-0.2, 0) is 14.4 Å². The highest BCUT2D eigenvalue weighted by Gasteiger charge is 2.41. The minimum atomic E-state index is -4.85. The summed E-state index contributed by atoms with van der Waals surface area (Å²) >= 11 is 0. The van der Waals surface area contributed by atoms with Gasteiger partial charge in [-0.05, 0) is 18.6 Å². The molecule has 3 atom stereocenters. The van der Waals surface area contributed by atoms with Gasteiger partial charge in [0, 0.05) is 38.2 Å². The predicted octanol–water partition coefficient (Wildman–Crippen LogP) is 0.788. The van der Waals surface area contributed by atoms with Crippen LogP contribution < -0.4 is 15.0 Å². The highest BCUT2D eigenvalue weighted by Crippen LogP contribution is 2.29. The number of hydrogen-bond acceptors (Lipinski definition) is 5. The van der Waals surface area contributed by atoms with Gasteiger partial charge in [0.1, 0.15) is 17.8 Å². The Morgan fingerprint density at radius 1 is 1.31 bits per heavy atom. The van der Waals surface area contributed by atoms with Gasteiger partial charge in [-0.1, -0.05) is 6.07 Å². The summed E-state index contributed by atoms with van der Waals surface area (Å²) in [5, 5.41) is 12.3. The number of likely N-dealkylation sites (tertiary alicyclic amines) is 1. The normalized spacial score (nSPS) is 24.7. The molecule has 2 saturated heterocycles. The van der Waals surface area contributed by atoms with Crippen LogP contribution in [0.4, 0.5) is 18.9 Å². The molecule has 0 radical (unpaired) electrons. The van der Waals surface area contributed by atoms with Crippen LogP contribution in [0, 0.1) is 0 Å². The van der Waals surface area contributed by atoms with Gasteiger partial charge in [-0.25, -0.2) is 0 Å². The lowest BCUT2D eigenvalue weighted by Crippen LogP contribution is -2.50. The van der Waals surface area contributed by atoms with Crippen LogP contribution in [0.2, 0.25) is 0 Å². The first kappa shape index (κ1) is 20.9. The SMILES string of the molecule is CC(=O)N1C[C@@H](O)C[C@@H]1C(=O)NC1CCN(c2cccc(OC(F)(F)F)c2)C1=O. The second-order valence-electron chi connectivity index (χ2n) is 6.96. The Bertz CT molecular complexity index is 816. The lowest BCUT2D eigenvalue weighted by molar-refractivity contribution is -0.274. The molecule has 1 aromatic carbocycles. The van der Waals surface area contributed by atoms with Crippen LogP contribution in [0.3, 0.4) is 0 Å². The van der Waals surface area contributed by atoms with Crippen molar-refractivity contribution in [3.63, 3.8) is 0 Å². The minimum absolute atomic E-state index is 0.0458. The van der Waals surface area contributed by atoms with Crippen molar-refractivity contribution in [1.82, 2.24) is 10.2 Å². The maximum Gasteiger partial charge on any atom is 0.573 e. The van der Waals surface area contributed by atoms with Gasteiger partial charge in [-0.2, -0.15) is 0 Å². The summed E-state index contributed by atoms with van der Waals surface area (Å²) in [6.07, 6.45) is -5.34. The number of rotatable bonds is 4. The molecule has 29 heavy (non-hydrogen) atoms. The Balaban J connectivity index is 1.67. The summed E-state index contributed by atoms with van der Waals surface area (Å²) < 4.78 is 41.1. The molecule has 11 heteroatoms. The van der Waals surface area contributed by atoms with Crippen LogP contribution in [0.5, 0.6) is 5.75 Å². The van der Waals surface area contributed by atoms with Crippen molar-refractivity contribution >= 4 is 23.4 Å². The van der Waals surface area contributed by atoms with Gasteiger partial charge in [0.15, 0.2) is 0 Å². The fraction of sp³-hybridized carbons (Fsp3) is 0.500. The first-order valence-electron chi connectivity index (χ1n) is 8.98. The summed E-state index contributed by atoms with van der Waals surface area (Å²) in [6, 6.07) is 3.28. The molecule has 2 N–H and O–H groups in total. The molecule has 0 aromatic heterocycles. The van der Waals surface area contributed by atoms with Crippen LogP contribution in [0.15, 0.2) is 24.3 Å². The third kappa shape index (κ3) is 4.78. The van der Waals surface area contributed by atoms with E-state index in [0.717, 1.165) is 12.1 Å². The Morgan fingerprint density at radius 3 is 2.69 bits per heavy atom. The van der Waals surface area contributed by atoms with E-state index in [1.54, 1.807) is 0 Å². The van der Waals surface area contributed by atoms with Gasteiger partial charge in [-0.15, -0.1) is 13.2 Å². The van der Waals surface area contributed by atoms with Gasteiger partial charge >= 0.3 is 6.36 Å². The van der Waals surface area contributed by atoms with E-state index in [-0.39, 0.29) is 37.5 Å². The zero-order chi connectivity index (χ0) is 21.3. The van der Waals surface area contributed by atoms with Crippen LogP contribution >= 0.6 is 0 Å². The van der Waals surface area contributed by atoms with Crippen molar-refractivity contribution in [2.75, 3.05) is 18.0 Å². The molecule has 3 rings (SSSR count). The van der Waals surface area contributed by atoms with Crippen molar-refractivity contribution in [2.24, 2.45) is 0 Å². The molecular weight excluding hydrogens is 395 g/mol. The summed E-state index contributed by atoms with van der Waals surface area (Å²) in [5.74, 6) is -1.84. The van der Waals surface area contributed by atoms with Crippen LogP contribution in [-0.4, -0.2) is 65.4 Å². The average molecular weight is 415 g/mol. The molecule has 2 fully saturated rings. The van der Waals surface area contributed by atoms with Crippen molar-refractivity contribution in [2.45, 2.75) is 44.3 Å². The third-order valence-electron chi connectivity index (χ3n) is 4.87. The number of nitrogens with zero attached hydrogens (tertiary/aromatic N) is 2. The zero-order valence-corrected chi connectivity index (χ0v) is 15.5. The van der Waals surface area contributed by atoms with E-state index in [9.17, 15) is 32.7 Å². The van der Waals surface area contributed by atoms with Crippen LogP contribution in [0.25, 0.3) is 0 Å². The lowest BCUT2D eigenvalue weighted by Gasteiger charge is -2.23. The molecular formula is C18H20F3N3O5. The highest BCUT2D eigenvalue weighted by molar-refractivity contribution is 6.02. The van der Waals surface area contributed by atoms with Crippen molar-refractivity contribution in [3.05, 3.63) is 24.3 Å². The number of alkyl halides is 3. The standard InChI is InChI=1S/C18H20F3N3O5/c1-10(25)24-9-12(26)8-15(24)16(27)22-14-5-6-23(17(14)28)11-3-2-4-13(7-11)29-18(19,20)21/h2-4,7,12,14-15,26H,5-6,8-9H2,1H3,(H,22,27)/t12-,14?,15+/m0/s1. The molecule has 0 aliphatic carbocycles. The Labute approximate surface area is 164 Å². The number of carbonyl (C=O) groups excluding carboxylic acids is 3. The van der Waals surface area contributed by atoms with Crippen LogP contribution in [0.1, 0.15) is 19.8 Å². The van der Waals surface area contributed by atoms with Gasteiger partial charge < -0.3 is 25.0 Å². The van der Waals surface area contributed by atoms with Gasteiger partial charge in [-0.3, -0.25) is 14.4 Å². The molecule has 1 unspecified atom stereocenters. The number of carbonyl (C=O) groups is 3. The lowest BCUT2D eigenvalue weighted by atomic mass is 10.1. The molecule has 0 bridgehead atoms. The number of amides is 3. The predicted molar refractivity (Wildman–Crippen MR) is 93.8 cm³/mol. The first-order chi connectivity index (χ1) is 13.5. The molecule has 3 amide bonds. The summed E-state index contributed by atoms with van der Waals surface area (Å²) in [4.78, 5) is 39.3. The van der Waals surface area contributed by atoms with E-state index >= 15 is 0 Å². The summed E-state index contributed by atoms with van der Waals surface area (Å²) in [5.41, 5.74) is 0.218. The highest BCUT2D eigenvalue weighted by atomic mass is 19.4. The maximum atomic E-state index is 12.7.